The quantitative estimate of drug-likeness (QED) is 0.677. The Bertz CT molecular complexity index is 367. The van der Waals surface area contributed by atoms with Crippen LogP contribution >= 0.6 is 0 Å². The van der Waals surface area contributed by atoms with E-state index >= 15 is 0 Å². The van der Waals surface area contributed by atoms with Gasteiger partial charge in [-0.05, 0) is 17.7 Å². The Morgan fingerprint density at radius 1 is 1.43 bits per heavy atom. The van der Waals surface area contributed by atoms with Crippen LogP contribution in [0.3, 0.4) is 0 Å². The van der Waals surface area contributed by atoms with Crippen LogP contribution < -0.4 is 0 Å². The molecule has 1 rings (SSSR count). The highest BCUT2D eigenvalue weighted by atomic mass is 16.5. The maximum Gasteiger partial charge on any atom is 0.0991 e. The van der Waals surface area contributed by atoms with E-state index in [4.69, 9.17) is 16.4 Å². The summed E-state index contributed by atoms with van der Waals surface area (Å²) in [4.78, 5) is 0. The second-order valence-electron chi connectivity index (χ2n) is 2.87. The van der Waals surface area contributed by atoms with E-state index in [-0.39, 0.29) is 6.10 Å². The lowest BCUT2D eigenvalue weighted by molar-refractivity contribution is 0.108. The van der Waals surface area contributed by atoms with Crippen molar-refractivity contribution >= 4 is 0 Å². The van der Waals surface area contributed by atoms with E-state index in [1.165, 1.54) is 0 Å². The van der Waals surface area contributed by atoms with Gasteiger partial charge >= 0.3 is 0 Å². The molecule has 0 fully saturated rings. The van der Waals surface area contributed by atoms with E-state index < -0.39 is 0 Å². The Labute approximate surface area is 84.1 Å². The summed E-state index contributed by atoms with van der Waals surface area (Å²) in [7, 11) is 1.63. The number of ether oxygens (including phenoxy) is 1. The van der Waals surface area contributed by atoms with Crippen molar-refractivity contribution in [2.75, 3.05) is 7.11 Å². The van der Waals surface area contributed by atoms with Crippen LogP contribution in [0.25, 0.3) is 0 Å². The Kier molecular flexibility index (Phi) is 3.73. The fourth-order valence-corrected chi connectivity index (χ4v) is 1.22. The molecule has 0 radical (unpaired) electrons. The summed E-state index contributed by atoms with van der Waals surface area (Å²) in [6.45, 7) is 0. The molecule has 70 valence electrons. The lowest BCUT2D eigenvalue weighted by Crippen LogP contribution is -1.99. The van der Waals surface area contributed by atoms with Crippen LogP contribution in [0.5, 0.6) is 0 Å². The van der Waals surface area contributed by atoms with Gasteiger partial charge in [0.1, 0.15) is 0 Å². The molecule has 0 heterocycles. The Morgan fingerprint density at radius 3 is 2.50 bits per heavy atom. The first-order valence-electron chi connectivity index (χ1n) is 4.28. The number of nitriles is 1. The summed E-state index contributed by atoms with van der Waals surface area (Å²) in [5.41, 5.74) is 1.65. The van der Waals surface area contributed by atoms with Crippen LogP contribution in [0.2, 0.25) is 0 Å². The van der Waals surface area contributed by atoms with Crippen LogP contribution in [-0.2, 0) is 4.74 Å². The second-order valence-corrected chi connectivity index (χ2v) is 2.87. The fourth-order valence-electron chi connectivity index (χ4n) is 1.22. The van der Waals surface area contributed by atoms with Gasteiger partial charge in [-0.2, -0.15) is 5.26 Å². The Hall–Kier alpha value is -1.77. The molecule has 1 aromatic carbocycles. The minimum absolute atomic E-state index is 0.0762. The first-order valence-corrected chi connectivity index (χ1v) is 4.28. The number of hydrogen-bond acceptors (Lipinski definition) is 2. The second kappa shape index (κ2) is 5.07. The van der Waals surface area contributed by atoms with E-state index in [2.05, 4.69) is 12.0 Å². The van der Waals surface area contributed by atoms with Gasteiger partial charge < -0.3 is 4.74 Å². The van der Waals surface area contributed by atoms with Crippen LogP contribution in [0, 0.1) is 23.7 Å². The van der Waals surface area contributed by atoms with E-state index in [9.17, 15) is 0 Å². The van der Waals surface area contributed by atoms with E-state index in [0.29, 0.717) is 12.0 Å². The number of rotatable bonds is 3. The van der Waals surface area contributed by atoms with Crippen molar-refractivity contribution in [3.05, 3.63) is 35.4 Å². The van der Waals surface area contributed by atoms with E-state index in [0.717, 1.165) is 5.56 Å². The molecule has 0 aliphatic carbocycles. The number of terminal acetylenes is 1. The zero-order valence-electron chi connectivity index (χ0n) is 8.03. The van der Waals surface area contributed by atoms with Crippen LogP contribution in [0.15, 0.2) is 24.3 Å². The third-order valence-electron chi connectivity index (χ3n) is 2.00. The summed E-state index contributed by atoms with van der Waals surface area (Å²) in [5, 5.41) is 8.61. The first-order chi connectivity index (χ1) is 6.81. The molecule has 0 aliphatic heterocycles. The summed E-state index contributed by atoms with van der Waals surface area (Å²) in [6, 6.07) is 9.32. The van der Waals surface area contributed by atoms with Gasteiger partial charge in [-0.3, -0.25) is 0 Å². The van der Waals surface area contributed by atoms with Crippen LogP contribution in [-0.4, -0.2) is 7.11 Å². The Balaban J connectivity index is 2.86. The van der Waals surface area contributed by atoms with Crippen molar-refractivity contribution in [2.45, 2.75) is 12.5 Å². The molecule has 1 unspecified atom stereocenters. The third kappa shape index (κ3) is 2.36. The lowest BCUT2D eigenvalue weighted by Gasteiger charge is -2.12. The smallest absolute Gasteiger partial charge is 0.0991 e. The molecule has 0 bridgehead atoms. The molecule has 1 aromatic rings. The molecule has 0 spiro atoms. The van der Waals surface area contributed by atoms with Crippen molar-refractivity contribution < 1.29 is 4.74 Å². The van der Waals surface area contributed by atoms with Gasteiger partial charge in [0.2, 0.25) is 0 Å². The average Bonchev–Trinajstić information content (AvgIpc) is 2.26. The van der Waals surface area contributed by atoms with Gasteiger partial charge in [-0.15, -0.1) is 12.3 Å². The molecule has 0 aromatic heterocycles. The SMILES string of the molecule is C#CCC(OC)c1ccc(C#N)cc1. The van der Waals surface area contributed by atoms with Crippen LogP contribution in [0.1, 0.15) is 23.7 Å². The largest absolute Gasteiger partial charge is 0.376 e. The predicted molar refractivity (Wildman–Crippen MR) is 54.4 cm³/mol. The lowest BCUT2D eigenvalue weighted by atomic mass is 10.1. The topological polar surface area (TPSA) is 33.0 Å². The highest BCUT2D eigenvalue weighted by Crippen LogP contribution is 2.19. The molecule has 0 saturated heterocycles. The van der Waals surface area contributed by atoms with Crippen LogP contribution in [0.4, 0.5) is 0 Å². The van der Waals surface area contributed by atoms with Gasteiger partial charge in [-0.1, -0.05) is 12.1 Å². The molecule has 0 amide bonds. The minimum atomic E-state index is -0.0762. The summed E-state index contributed by atoms with van der Waals surface area (Å²) in [6.07, 6.45) is 5.68. The van der Waals surface area contributed by atoms with Gasteiger partial charge in [0.25, 0.3) is 0 Å². The molecule has 14 heavy (non-hydrogen) atoms. The third-order valence-corrected chi connectivity index (χ3v) is 2.00. The summed E-state index contributed by atoms with van der Waals surface area (Å²) < 4.78 is 5.22. The number of methoxy groups -OCH3 is 1. The maximum absolute atomic E-state index is 8.61. The van der Waals surface area contributed by atoms with Gasteiger partial charge in [0.05, 0.1) is 17.7 Å². The maximum atomic E-state index is 8.61. The number of nitrogens with zero attached hydrogens (tertiary/aromatic N) is 1. The van der Waals surface area contributed by atoms with Crippen molar-refractivity contribution in [1.29, 1.82) is 5.26 Å². The highest BCUT2D eigenvalue weighted by molar-refractivity contribution is 5.32. The molecule has 1 atom stereocenters. The highest BCUT2D eigenvalue weighted by Gasteiger charge is 2.07. The molecule has 0 saturated carbocycles. The molecule has 2 nitrogen and oxygen atoms in total. The van der Waals surface area contributed by atoms with Crippen molar-refractivity contribution in [2.24, 2.45) is 0 Å². The zero-order chi connectivity index (χ0) is 10.4. The first kappa shape index (κ1) is 10.3. The van der Waals surface area contributed by atoms with Crippen molar-refractivity contribution in [3.8, 4) is 18.4 Å². The minimum Gasteiger partial charge on any atom is -0.376 e. The van der Waals surface area contributed by atoms with Crippen molar-refractivity contribution in [1.82, 2.24) is 0 Å². The van der Waals surface area contributed by atoms with E-state index in [1.807, 2.05) is 12.1 Å². The summed E-state index contributed by atoms with van der Waals surface area (Å²) in [5.74, 6) is 2.56. The molecular weight excluding hydrogens is 174 g/mol. The van der Waals surface area contributed by atoms with Gasteiger partial charge in [-0.25, -0.2) is 0 Å². The average molecular weight is 185 g/mol. The monoisotopic (exact) mass is 185 g/mol. The van der Waals surface area contributed by atoms with Gasteiger partial charge in [0, 0.05) is 13.5 Å². The van der Waals surface area contributed by atoms with Gasteiger partial charge in [0.15, 0.2) is 0 Å². The van der Waals surface area contributed by atoms with E-state index in [1.54, 1.807) is 19.2 Å². The predicted octanol–water partition coefficient (Wildman–Crippen LogP) is 2.27. The molecule has 0 N–H and O–H groups in total. The molecule has 2 heteroatoms. The summed E-state index contributed by atoms with van der Waals surface area (Å²) >= 11 is 0. The fraction of sp³-hybridized carbons (Fsp3) is 0.250. The normalized spacial score (nSPS) is 11.4. The number of benzene rings is 1. The molecule has 0 aliphatic rings. The zero-order valence-corrected chi connectivity index (χ0v) is 8.03. The Morgan fingerprint density at radius 2 is 2.07 bits per heavy atom. The standard InChI is InChI=1S/C12H11NO/c1-3-4-12(14-2)11-7-5-10(9-13)6-8-11/h1,5-8,12H,4H2,2H3. The number of hydrogen-bond donors (Lipinski definition) is 0. The van der Waals surface area contributed by atoms with Crippen molar-refractivity contribution in [3.63, 3.8) is 0 Å². The molecular formula is C12H11NO.